The Hall–Kier alpha value is -3.29. The maximum Gasteiger partial charge on any atom is 0.326 e. The van der Waals surface area contributed by atoms with Gasteiger partial charge in [0.05, 0.1) is 0 Å². The Morgan fingerprint density at radius 2 is 1.71 bits per heavy atom. The van der Waals surface area contributed by atoms with Gasteiger partial charge in [0.1, 0.15) is 18.4 Å². The second kappa shape index (κ2) is 16.4. The molecule has 0 spiro atoms. The van der Waals surface area contributed by atoms with E-state index in [4.69, 9.17) is 4.74 Å². The van der Waals surface area contributed by atoms with Crippen LogP contribution < -0.4 is 15.4 Å². The highest BCUT2D eigenvalue weighted by molar-refractivity contribution is 7.98. The molecule has 0 saturated heterocycles. The van der Waals surface area contributed by atoms with Crippen molar-refractivity contribution in [2.24, 2.45) is 5.92 Å². The lowest BCUT2D eigenvalue weighted by molar-refractivity contribution is -0.139. The number of aliphatic carboxylic acids is 1. The second-order valence-electron chi connectivity index (χ2n) is 11.3. The van der Waals surface area contributed by atoms with Gasteiger partial charge in [-0.05, 0) is 84.2 Å². The number of ether oxygens (including phenoxy) is 1. The van der Waals surface area contributed by atoms with Gasteiger partial charge in [0.2, 0.25) is 0 Å². The Kier molecular flexibility index (Phi) is 12.3. The predicted octanol–water partition coefficient (Wildman–Crippen LogP) is 7.11. The van der Waals surface area contributed by atoms with Crippen molar-refractivity contribution < 1.29 is 19.4 Å². The lowest BCUT2D eigenvalue weighted by Crippen LogP contribution is -2.41. The number of carbonyl (C=O) groups is 2. The van der Waals surface area contributed by atoms with Crippen molar-refractivity contribution in [2.75, 3.05) is 18.6 Å². The average Bonchev–Trinajstić information content (AvgIpc) is 3.01. The van der Waals surface area contributed by atoms with Crippen LogP contribution in [0.5, 0.6) is 5.75 Å². The minimum Gasteiger partial charge on any atom is -0.492 e. The summed E-state index contributed by atoms with van der Waals surface area (Å²) in [6.45, 7) is 3.27. The van der Waals surface area contributed by atoms with Crippen LogP contribution in [0.3, 0.4) is 0 Å². The number of carboxylic acids is 1. The third-order valence-electron chi connectivity index (χ3n) is 8.11. The van der Waals surface area contributed by atoms with Gasteiger partial charge in [0.25, 0.3) is 5.91 Å². The Morgan fingerprint density at radius 3 is 2.43 bits per heavy atom. The minimum absolute atomic E-state index is 0.200. The molecular weight excluding hydrogens is 544 g/mol. The van der Waals surface area contributed by atoms with Gasteiger partial charge in [-0.2, -0.15) is 11.8 Å². The van der Waals surface area contributed by atoms with E-state index in [1.807, 2.05) is 79.9 Å². The lowest BCUT2D eigenvalue weighted by atomic mass is 9.85. The normalized spacial score (nSPS) is 15.1. The van der Waals surface area contributed by atoms with Crippen LogP contribution in [0.1, 0.15) is 66.4 Å². The summed E-state index contributed by atoms with van der Waals surface area (Å²) in [5, 5.41) is 16.2. The molecule has 3 aromatic carbocycles. The summed E-state index contributed by atoms with van der Waals surface area (Å²) in [5.74, 6) is 0.854. The molecule has 1 amide bonds. The molecule has 7 heteroatoms. The zero-order valence-electron chi connectivity index (χ0n) is 24.8. The molecule has 1 saturated carbocycles. The molecule has 1 aliphatic rings. The van der Waals surface area contributed by atoms with Crippen molar-refractivity contribution in [2.45, 2.75) is 70.5 Å². The van der Waals surface area contributed by atoms with Gasteiger partial charge in [0.15, 0.2) is 0 Å². The Balaban J connectivity index is 1.54. The molecule has 2 unspecified atom stereocenters. The topological polar surface area (TPSA) is 87.7 Å². The van der Waals surface area contributed by atoms with Crippen LogP contribution in [0.2, 0.25) is 0 Å². The molecule has 4 rings (SSSR count). The van der Waals surface area contributed by atoms with E-state index in [1.54, 1.807) is 11.8 Å². The van der Waals surface area contributed by atoms with E-state index in [0.717, 1.165) is 34.4 Å². The van der Waals surface area contributed by atoms with Crippen LogP contribution in [-0.4, -0.2) is 47.7 Å². The quantitative estimate of drug-likeness (QED) is 0.175. The third kappa shape index (κ3) is 9.36. The summed E-state index contributed by atoms with van der Waals surface area (Å²) in [6.07, 6.45) is 9.87. The molecule has 0 aromatic heterocycles. The van der Waals surface area contributed by atoms with Gasteiger partial charge in [-0.1, -0.05) is 80.6 Å². The van der Waals surface area contributed by atoms with Crippen LogP contribution in [0, 0.1) is 12.8 Å². The van der Waals surface area contributed by atoms with Crippen molar-refractivity contribution in [3.8, 4) is 16.9 Å². The molecule has 2 atom stereocenters. The average molecular weight is 589 g/mol. The fraction of sp³-hybridized carbons (Fsp3) is 0.429. The Labute approximate surface area is 254 Å². The van der Waals surface area contributed by atoms with E-state index in [0.29, 0.717) is 36.8 Å². The van der Waals surface area contributed by atoms with Crippen LogP contribution in [-0.2, 0) is 11.3 Å². The summed E-state index contributed by atoms with van der Waals surface area (Å²) in [4.78, 5) is 25.3. The number of nitrogens with one attached hydrogen (secondary N) is 2. The van der Waals surface area contributed by atoms with Crippen molar-refractivity contribution >= 4 is 23.6 Å². The third-order valence-corrected chi connectivity index (χ3v) is 8.75. The van der Waals surface area contributed by atoms with Crippen molar-refractivity contribution in [1.29, 1.82) is 0 Å². The van der Waals surface area contributed by atoms with E-state index in [9.17, 15) is 14.7 Å². The number of benzene rings is 3. The SMILES string of the molecule is CSCCC(NC(=O)c1ccc(CNC(COc2ccccc2)CC2CCCCC2)cc1-c1ccccc1C)C(=O)O. The fourth-order valence-corrected chi connectivity index (χ4v) is 6.21. The number of hydrogen-bond donors (Lipinski definition) is 3. The monoisotopic (exact) mass is 588 g/mol. The highest BCUT2D eigenvalue weighted by atomic mass is 32.2. The number of carboxylic acid groups (broad SMARTS) is 1. The van der Waals surface area contributed by atoms with Crippen molar-refractivity contribution in [3.63, 3.8) is 0 Å². The van der Waals surface area contributed by atoms with Gasteiger partial charge in [-0.3, -0.25) is 4.79 Å². The van der Waals surface area contributed by atoms with Crippen LogP contribution in [0.15, 0.2) is 72.8 Å². The molecule has 42 heavy (non-hydrogen) atoms. The highest BCUT2D eigenvalue weighted by Gasteiger charge is 2.23. The van der Waals surface area contributed by atoms with E-state index >= 15 is 0 Å². The minimum atomic E-state index is -1.02. The fourth-order valence-electron chi connectivity index (χ4n) is 5.74. The zero-order chi connectivity index (χ0) is 29.7. The largest absolute Gasteiger partial charge is 0.492 e. The first-order chi connectivity index (χ1) is 20.4. The number of hydrogen-bond acceptors (Lipinski definition) is 5. The molecule has 1 fully saturated rings. The van der Waals surface area contributed by atoms with Gasteiger partial charge >= 0.3 is 5.97 Å². The summed E-state index contributed by atoms with van der Waals surface area (Å²) >= 11 is 1.56. The molecule has 224 valence electrons. The molecule has 1 aliphatic carbocycles. The molecule has 0 heterocycles. The first kappa shape index (κ1) is 31.6. The van der Waals surface area contributed by atoms with Gasteiger partial charge in [0, 0.05) is 18.2 Å². The van der Waals surface area contributed by atoms with Gasteiger partial charge in [-0.25, -0.2) is 4.79 Å². The lowest BCUT2D eigenvalue weighted by Gasteiger charge is -2.27. The highest BCUT2D eigenvalue weighted by Crippen LogP contribution is 2.30. The Morgan fingerprint density at radius 1 is 0.976 bits per heavy atom. The van der Waals surface area contributed by atoms with Crippen LogP contribution in [0.25, 0.3) is 11.1 Å². The Bertz CT molecular complexity index is 1290. The van der Waals surface area contributed by atoms with Gasteiger partial charge < -0.3 is 20.5 Å². The number of aryl methyl sites for hydroxylation is 1. The van der Waals surface area contributed by atoms with Crippen molar-refractivity contribution in [1.82, 2.24) is 10.6 Å². The number of rotatable bonds is 15. The maximum absolute atomic E-state index is 13.4. The summed E-state index contributed by atoms with van der Waals surface area (Å²) < 4.78 is 6.18. The number of para-hydroxylation sites is 1. The molecule has 3 N–H and O–H groups in total. The molecule has 0 aliphatic heterocycles. The number of amides is 1. The first-order valence-corrected chi connectivity index (χ1v) is 16.5. The first-order valence-electron chi connectivity index (χ1n) is 15.1. The number of thioether (sulfide) groups is 1. The number of carbonyl (C=O) groups excluding carboxylic acids is 1. The second-order valence-corrected chi connectivity index (χ2v) is 12.3. The van der Waals surface area contributed by atoms with E-state index in [1.165, 1.54) is 32.1 Å². The standard InChI is InChI=1S/C35H44N2O4S/c1-25-11-9-10-16-30(25)32-22-27(17-18-31(32)34(38)37-33(35(39)40)19-20-42-2)23-36-28(21-26-12-5-3-6-13-26)24-41-29-14-7-4-8-15-29/h4,7-11,14-18,22,26,28,33,36H,3,5-6,12-13,19-21,23-24H2,1-2H3,(H,37,38)(H,39,40). The summed E-state index contributed by atoms with van der Waals surface area (Å²) in [6, 6.07) is 23.1. The van der Waals surface area contributed by atoms with Gasteiger partial charge in [-0.15, -0.1) is 0 Å². The predicted molar refractivity (Wildman–Crippen MR) is 172 cm³/mol. The van der Waals surface area contributed by atoms with Crippen molar-refractivity contribution in [3.05, 3.63) is 89.5 Å². The molecule has 3 aromatic rings. The van der Waals surface area contributed by atoms with E-state index in [2.05, 4.69) is 16.7 Å². The van der Waals surface area contributed by atoms with E-state index < -0.39 is 12.0 Å². The maximum atomic E-state index is 13.4. The van der Waals surface area contributed by atoms with Crippen LogP contribution >= 0.6 is 11.8 Å². The summed E-state index contributed by atoms with van der Waals surface area (Å²) in [7, 11) is 0. The molecule has 0 radical (unpaired) electrons. The van der Waals surface area contributed by atoms with Crippen LogP contribution in [0.4, 0.5) is 0 Å². The summed E-state index contributed by atoms with van der Waals surface area (Å²) in [5.41, 5.74) is 4.38. The molecule has 6 nitrogen and oxygen atoms in total. The smallest absolute Gasteiger partial charge is 0.326 e. The zero-order valence-corrected chi connectivity index (χ0v) is 25.6. The van der Waals surface area contributed by atoms with E-state index in [-0.39, 0.29) is 11.9 Å². The molecule has 0 bridgehead atoms. The molecular formula is C35H44N2O4S.